The predicted molar refractivity (Wildman–Crippen MR) is 108 cm³/mol. The topological polar surface area (TPSA) is 51.2 Å². The fourth-order valence-corrected chi connectivity index (χ4v) is 3.34. The van der Waals surface area contributed by atoms with Crippen molar-refractivity contribution >= 4 is 5.91 Å². The second kappa shape index (κ2) is 9.99. The number of rotatable bonds is 7. The number of para-hydroxylation sites is 2. The first-order valence-electron chi connectivity index (χ1n) is 9.58. The van der Waals surface area contributed by atoms with Crippen LogP contribution in [0.3, 0.4) is 0 Å². The molecule has 0 bridgehead atoms. The highest BCUT2D eigenvalue weighted by Crippen LogP contribution is 2.25. The number of carbonyl (C=O) groups excluding carboxylic acids is 1. The van der Waals surface area contributed by atoms with Crippen molar-refractivity contribution in [2.75, 3.05) is 47.0 Å². The molecule has 0 spiro atoms. The van der Waals surface area contributed by atoms with Crippen LogP contribution in [0.15, 0.2) is 48.5 Å². The molecule has 0 aromatic heterocycles. The van der Waals surface area contributed by atoms with E-state index < -0.39 is 0 Å². The van der Waals surface area contributed by atoms with Crippen LogP contribution in [0.5, 0.6) is 17.2 Å². The molecule has 6 nitrogen and oxygen atoms in total. The average molecular weight is 384 g/mol. The summed E-state index contributed by atoms with van der Waals surface area (Å²) in [6.07, 6.45) is 0.955. The molecule has 0 aliphatic carbocycles. The molecular weight excluding hydrogens is 356 g/mol. The Morgan fingerprint density at radius 3 is 2.36 bits per heavy atom. The molecule has 28 heavy (non-hydrogen) atoms. The molecule has 0 unspecified atom stereocenters. The molecule has 1 heterocycles. The van der Waals surface area contributed by atoms with E-state index in [1.165, 1.54) is 5.56 Å². The van der Waals surface area contributed by atoms with Crippen LogP contribution in [0.25, 0.3) is 0 Å². The van der Waals surface area contributed by atoms with Gasteiger partial charge in [-0.05, 0) is 36.2 Å². The zero-order valence-corrected chi connectivity index (χ0v) is 16.6. The van der Waals surface area contributed by atoms with E-state index in [9.17, 15) is 4.79 Å². The minimum atomic E-state index is 0.0113. The Bertz CT molecular complexity index is 763. The van der Waals surface area contributed by atoms with Crippen LogP contribution in [-0.2, 0) is 11.3 Å². The number of methoxy groups -OCH3 is 2. The van der Waals surface area contributed by atoms with Gasteiger partial charge in [0.2, 0.25) is 0 Å². The van der Waals surface area contributed by atoms with Gasteiger partial charge in [-0.15, -0.1) is 0 Å². The Hall–Kier alpha value is -2.73. The third kappa shape index (κ3) is 5.39. The lowest BCUT2D eigenvalue weighted by Gasteiger charge is -2.22. The maximum atomic E-state index is 12.6. The average Bonchev–Trinajstić information content (AvgIpc) is 2.98. The van der Waals surface area contributed by atoms with Crippen molar-refractivity contribution in [3.8, 4) is 17.2 Å². The van der Waals surface area contributed by atoms with Gasteiger partial charge in [0.25, 0.3) is 5.91 Å². The smallest absolute Gasteiger partial charge is 0.260 e. The van der Waals surface area contributed by atoms with Gasteiger partial charge >= 0.3 is 0 Å². The zero-order valence-electron chi connectivity index (χ0n) is 16.6. The van der Waals surface area contributed by atoms with Gasteiger partial charge in [0.05, 0.1) is 14.2 Å². The number of hydrogen-bond donors (Lipinski definition) is 0. The molecule has 1 amide bonds. The molecule has 0 N–H and O–H groups in total. The molecule has 3 rings (SSSR count). The van der Waals surface area contributed by atoms with Crippen LogP contribution >= 0.6 is 0 Å². The van der Waals surface area contributed by atoms with Crippen LogP contribution < -0.4 is 14.2 Å². The standard InChI is InChI=1S/C22H28N2O4/c1-26-19-10-8-18(9-11-19)16-23-12-5-13-24(15-14-23)22(25)17-28-21-7-4-3-6-20(21)27-2/h3-4,6-11H,5,12-17H2,1-2H3. The summed E-state index contributed by atoms with van der Waals surface area (Å²) in [6.45, 7) is 4.20. The van der Waals surface area contributed by atoms with Gasteiger partial charge in [-0.3, -0.25) is 9.69 Å². The summed E-state index contributed by atoms with van der Waals surface area (Å²) < 4.78 is 16.2. The van der Waals surface area contributed by atoms with Gasteiger partial charge < -0.3 is 19.1 Å². The minimum Gasteiger partial charge on any atom is -0.497 e. The second-order valence-corrected chi connectivity index (χ2v) is 6.80. The summed E-state index contributed by atoms with van der Waals surface area (Å²) in [4.78, 5) is 16.9. The molecular formula is C22H28N2O4. The van der Waals surface area contributed by atoms with Crippen molar-refractivity contribution in [2.45, 2.75) is 13.0 Å². The number of amides is 1. The third-order valence-corrected chi connectivity index (χ3v) is 4.93. The summed E-state index contributed by atoms with van der Waals surface area (Å²) in [7, 11) is 3.27. The van der Waals surface area contributed by atoms with E-state index in [2.05, 4.69) is 17.0 Å². The number of carbonyl (C=O) groups is 1. The molecule has 0 radical (unpaired) electrons. The highest BCUT2D eigenvalue weighted by molar-refractivity contribution is 5.77. The molecule has 2 aromatic rings. The lowest BCUT2D eigenvalue weighted by atomic mass is 10.2. The molecule has 1 aliphatic rings. The maximum absolute atomic E-state index is 12.6. The van der Waals surface area contributed by atoms with Crippen molar-refractivity contribution in [2.24, 2.45) is 0 Å². The molecule has 2 aromatic carbocycles. The van der Waals surface area contributed by atoms with Crippen molar-refractivity contribution in [1.29, 1.82) is 0 Å². The highest BCUT2D eigenvalue weighted by Gasteiger charge is 2.20. The monoisotopic (exact) mass is 384 g/mol. The van der Waals surface area contributed by atoms with Gasteiger partial charge in [-0.25, -0.2) is 0 Å². The maximum Gasteiger partial charge on any atom is 0.260 e. The van der Waals surface area contributed by atoms with E-state index in [1.807, 2.05) is 41.3 Å². The number of ether oxygens (including phenoxy) is 3. The van der Waals surface area contributed by atoms with Crippen molar-refractivity contribution in [3.63, 3.8) is 0 Å². The fourth-order valence-electron chi connectivity index (χ4n) is 3.34. The Kier molecular flexibility index (Phi) is 7.14. The van der Waals surface area contributed by atoms with Crippen molar-refractivity contribution in [3.05, 3.63) is 54.1 Å². The second-order valence-electron chi connectivity index (χ2n) is 6.80. The van der Waals surface area contributed by atoms with Gasteiger partial charge in [-0.1, -0.05) is 24.3 Å². The zero-order chi connectivity index (χ0) is 19.8. The van der Waals surface area contributed by atoms with Crippen LogP contribution in [0.1, 0.15) is 12.0 Å². The van der Waals surface area contributed by atoms with Gasteiger partial charge in [0.15, 0.2) is 18.1 Å². The lowest BCUT2D eigenvalue weighted by molar-refractivity contribution is -0.133. The summed E-state index contributed by atoms with van der Waals surface area (Å²) in [5.41, 5.74) is 1.25. The van der Waals surface area contributed by atoms with Gasteiger partial charge in [-0.2, -0.15) is 0 Å². The van der Waals surface area contributed by atoms with Gasteiger partial charge in [0.1, 0.15) is 5.75 Å². The largest absolute Gasteiger partial charge is 0.497 e. The lowest BCUT2D eigenvalue weighted by Crippen LogP contribution is -2.38. The number of nitrogens with zero attached hydrogens (tertiary/aromatic N) is 2. The Balaban J connectivity index is 1.49. The summed E-state index contributed by atoms with van der Waals surface area (Å²) >= 11 is 0. The van der Waals surface area contributed by atoms with E-state index in [0.29, 0.717) is 18.0 Å². The quantitative estimate of drug-likeness (QED) is 0.735. The van der Waals surface area contributed by atoms with Crippen LogP contribution in [-0.4, -0.2) is 62.7 Å². The first-order chi connectivity index (χ1) is 13.7. The Labute approximate surface area is 166 Å². The van der Waals surface area contributed by atoms with Gasteiger partial charge in [0, 0.05) is 32.7 Å². The summed E-state index contributed by atoms with van der Waals surface area (Å²) in [6, 6.07) is 15.5. The van der Waals surface area contributed by atoms with Crippen molar-refractivity contribution < 1.29 is 19.0 Å². The fraction of sp³-hybridized carbons (Fsp3) is 0.409. The van der Waals surface area contributed by atoms with E-state index in [4.69, 9.17) is 14.2 Å². The van der Waals surface area contributed by atoms with Crippen molar-refractivity contribution in [1.82, 2.24) is 9.80 Å². The van der Waals surface area contributed by atoms with Crippen LogP contribution in [0.4, 0.5) is 0 Å². The molecule has 1 saturated heterocycles. The molecule has 1 fully saturated rings. The summed E-state index contributed by atoms with van der Waals surface area (Å²) in [5, 5.41) is 0. The number of hydrogen-bond acceptors (Lipinski definition) is 5. The van der Waals surface area contributed by atoms with E-state index in [-0.39, 0.29) is 12.5 Å². The van der Waals surface area contributed by atoms with E-state index >= 15 is 0 Å². The predicted octanol–water partition coefficient (Wildman–Crippen LogP) is 2.82. The Morgan fingerprint density at radius 2 is 1.64 bits per heavy atom. The molecule has 150 valence electrons. The SMILES string of the molecule is COc1ccc(CN2CCCN(C(=O)COc3ccccc3OC)CC2)cc1. The number of benzene rings is 2. The highest BCUT2D eigenvalue weighted by atomic mass is 16.5. The molecule has 6 heteroatoms. The third-order valence-electron chi connectivity index (χ3n) is 4.93. The van der Waals surface area contributed by atoms with E-state index in [1.54, 1.807) is 14.2 Å². The first kappa shape index (κ1) is 20.0. The first-order valence-corrected chi connectivity index (χ1v) is 9.58. The van der Waals surface area contributed by atoms with Crippen LogP contribution in [0, 0.1) is 0 Å². The Morgan fingerprint density at radius 1 is 0.893 bits per heavy atom. The molecule has 0 atom stereocenters. The molecule has 1 aliphatic heterocycles. The van der Waals surface area contributed by atoms with Crippen LogP contribution in [0.2, 0.25) is 0 Å². The minimum absolute atomic E-state index is 0.0113. The van der Waals surface area contributed by atoms with E-state index in [0.717, 1.165) is 38.3 Å². The normalized spacial score (nSPS) is 15.0. The summed E-state index contributed by atoms with van der Waals surface area (Å²) in [5.74, 6) is 2.11. The molecule has 0 saturated carbocycles.